The van der Waals surface area contributed by atoms with Gasteiger partial charge < -0.3 is 0 Å². The number of alkyl halides is 3. The monoisotopic (exact) mass is 261 g/mol. The van der Waals surface area contributed by atoms with Crippen molar-refractivity contribution in [2.24, 2.45) is 0 Å². The zero-order valence-corrected chi connectivity index (χ0v) is 9.91. The Kier molecular flexibility index (Phi) is 3.57. The highest BCUT2D eigenvalue weighted by Gasteiger charge is 2.33. The third-order valence-electron chi connectivity index (χ3n) is 2.78. The molecule has 0 radical (unpaired) electrons. The summed E-state index contributed by atoms with van der Waals surface area (Å²) in [7, 11) is 0. The van der Waals surface area contributed by atoms with Crippen LogP contribution in [-0.4, -0.2) is 0 Å². The fourth-order valence-electron chi connectivity index (χ4n) is 1.88. The molecule has 0 N–H and O–H groups in total. The molecule has 0 spiro atoms. The van der Waals surface area contributed by atoms with Gasteiger partial charge in [-0.3, -0.25) is 0 Å². The summed E-state index contributed by atoms with van der Waals surface area (Å²) >= 11 is 0. The minimum absolute atomic E-state index is 0.151. The van der Waals surface area contributed by atoms with E-state index in [9.17, 15) is 13.2 Å². The fourth-order valence-corrected chi connectivity index (χ4v) is 1.88. The van der Waals surface area contributed by atoms with E-state index < -0.39 is 11.7 Å². The van der Waals surface area contributed by atoms with Crippen LogP contribution < -0.4 is 0 Å². The number of hydrogen-bond acceptors (Lipinski definition) is 1. The van der Waals surface area contributed by atoms with Gasteiger partial charge >= 0.3 is 6.18 Å². The number of benzene rings is 2. The van der Waals surface area contributed by atoms with Gasteiger partial charge in [0.25, 0.3) is 0 Å². The molecular formula is C15H10F3N. The SMILES string of the molecule is N#CCc1ccc(-c2ccccc2C(F)(F)F)cc1. The molecule has 0 bridgehead atoms. The Labute approximate surface area is 108 Å². The highest BCUT2D eigenvalue weighted by molar-refractivity contribution is 5.68. The van der Waals surface area contributed by atoms with E-state index in [-0.39, 0.29) is 12.0 Å². The Morgan fingerprint density at radius 1 is 0.947 bits per heavy atom. The third kappa shape index (κ3) is 2.94. The lowest BCUT2D eigenvalue weighted by molar-refractivity contribution is -0.137. The smallest absolute Gasteiger partial charge is 0.198 e. The van der Waals surface area contributed by atoms with E-state index in [0.717, 1.165) is 11.6 Å². The van der Waals surface area contributed by atoms with Gasteiger partial charge in [-0.1, -0.05) is 42.5 Å². The zero-order valence-electron chi connectivity index (χ0n) is 9.91. The lowest BCUT2D eigenvalue weighted by atomic mass is 9.98. The van der Waals surface area contributed by atoms with Gasteiger partial charge in [0.15, 0.2) is 0 Å². The largest absolute Gasteiger partial charge is 0.417 e. The van der Waals surface area contributed by atoms with Crippen molar-refractivity contribution < 1.29 is 13.2 Å². The van der Waals surface area contributed by atoms with Crippen molar-refractivity contribution in [1.82, 2.24) is 0 Å². The first-order valence-electron chi connectivity index (χ1n) is 5.65. The van der Waals surface area contributed by atoms with Crippen molar-refractivity contribution in [3.05, 3.63) is 59.7 Å². The molecule has 4 heteroatoms. The summed E-state index contributed by atoms with van der Waals surface area (Å²) in [6.07, 6.45) is -4.12. The van der Waals surface area contributed by atoms with Crippen LogP contribution in [-0.2, 0) is 12.6 Å². The first-order chi connectivity index (χ1) is 9.02. The first kappa shape index (κ1) is 13.2. The molecule has 2 rings (SSSR count). The molecule has 19 heavy (non-hydrogen) atoms. The van der Waals surface area contributed by atoms with Crippen LogP contribution in [0, 0.1) is 11.3 Å². The lowest BCUT2D eigenvalue weighted by Gasteiger charge is -2.12. The lowest BCUT2D eigenvalue weighted by Crippen LogP contribution is -2.06. The van der Waals surface area contributed by atoms with E-state index in [1.165, 1.54) is 12.1 Å². The summed E-state index contributed by atoms with van der Waals surface area (Å²) in [6, 6.07) is 14.0. The van der Waals surface area contributed by atoms with Crippen LogP contribution in [0.1, 0.15) is 11.1 Å². The summed E-state index contributed by atoms with van der Waals surface area (Å²) in [5, 5.41) is 8.56. The molecule has 0 aliphatic rings. The van der Waals surface area contributed by atoms with E-state index in [2.05, 4.69) is 0 Å². The van der Waals surface area contributed by atoms with Gasteiger partial charge in [-0.05, 0) is 22.8 Å². The van der Waals surface area contributed by atoms with Gasteiger partial charge in [-0.15, -0.1) is 0 Å². The Morgan fingerprint density at radius 3 is 2.16 bits per heavy atom. The number of nitriles is 1. The Morgan fingerprint density at radius 2 is 1.58 bits per heavy atom. The normalized spacial score (nSPS) is 11.1. The van der Waals surface area contributed by atoms with E-state index in [4.69, 9.17) is 5.26 Å². The van der Waals surface area contributed by atoms with Gasteiger partial charge in [-0.2, -0.15) is 18.4 Å². The molecule has 2 aromatic carbocycles. The van der Waals surface area contributed by atoms with Gasteiger partial charge in [0.1, 0.15) is 0 Å². The maximum absolute atomic E-state index is 12.9. The maximum Gasteiger partial charge on any atom is 0.417 e. The Hall–Kier alpha value is -2.28. The molecule has 0 unspecified atom stereocenters. The van der Waals surface area contributed by atoms with Crippen LogP contribution in [0.4, 0.5) is 13.2 Å². The van der Waals surface area contributed by atoms with Gasteiger partial charge in [-0.25, -0.2) is 0 Å². The average Bonchev–Trinajstić information content (AvgIpc) is 2.39. The van der Waals surface area contributed by atoms with Crippen molar-refractivity contribution in [3.8, 4) is 17.2 Å². The number of nitrogens with zero attached hydrogens (tertiary/aromatic N) is 1. The molecule has 0 atom stereocenters. The van der Waals surface area contributed by atoms with Crippen molar-refractivity contribution in [2.75, 3.05) is 0 Å². The van der Waals surface area contributed by atoms with Crippen LogP contribution >= 0.6 is 0 Å². The molecule has 2 aromatic rings. The summed E-state index contributed by atoms with van der Waals surface area (Å²) in [5.41, 5.74) is 0.784. The van der Waals surface area contributed by atoms with Crippen LogP contribution in [0.3, 0.4) is 0 Å². The first-order valence-corrected chi connectivity index (χ1v) is 5.65. The average molecular weight is 261 g/mol. The molecule has 0 heterocycles. The second-order valence-corrected chi connectivity index (χ2v) is 4.08. The predicted octanol–water partition coefficient (Wildman–Crippen LogP) is 4.44. The molecule has 96 valence electrons. The minimum atomic E-state index is -4.37. The molecular weight excluding hydrogens is 251 g/mol. The van der Waals surface area contributed by atoms with E-state index in [1.54, 1.807) is 30.3 Å². The minimum Gasteiger partial charge on any atom is -0.198 e. The van der Waals surface area contributed by atoms with E-state index in [1.807, 2.05) is 6.07 Å². The number of rotatable bonds is 2. The molecule has 0 saturated heterocycles. The van der Waals surface area contributed by atoms with Crippen molar-refractivity contribution in [1.29, 1.82) is 5.26 Å². The highest BCUT2D eigenvalue weighted by Crippen LogP contribution is 2.36. The highest BCUT2D eigenvalue weighted by atomic mass is 19.4. The summed E-state index contributed by atoms with van der Waals surface area (Å²) in [6.45, 7) is 0. The van der Waals surface area contributed by atoms with E-state index >= 15 is 0 Å². The third-order valence-corrected chi connectivity index (χ3v) is 2.78. The summed E-state index contributed by atoms with van der Waals surface area (Å²) in [4.78, 5) is 0. The number of hydrogen-bond donors (Lipinski definition) is 0. The molecule has 0 aliphatic heterocycles. The Bertz CT molecular complexity index is 607. The van der Waals surface area contributed by atoms with Crippen LogP contribution in [0.5, 0.6) is 0 Å². The second kappa shape index (κ2) is 5.15. The van der Waals surface area contributed by atoms with Gasteiger partial charge in [0.05, 0.1) is 18.1 Å². The molecule has 0 fully saturated rings. The van der Waals surface area contributed by atoms with Crippen LogP contribution in [0.25, 0.3) is 11.1 Å². The zero-order chi connectivity index (χ0) is 13.9. The quantitative estimate of drug-likeness (QED) is 0.784. The van der Waals surface area contributed by atoms with Crippen molar-refractivity contribution in [2.45, 2.75) is 12.6 Å². The van der Waals surface area contributed by atoms with Crippen molar-refractivity contribution >= 4 is 0 Å². The molecule has 0 saturated carbocycles. The van der Waals surface area contributed by atoms with E-state index in [0.29, 0.717) is 5.56 Å². The standard InChI is InChI=1S/C15H10F3N/c16-15(17,18)14-4-2-1-3-13(14)12-7-5-11(6-8-12)9-10-19/h1-8H,9H2. The fraction of sp³-hybridized carbons (Fsp3) is 0.133. The van der Waals surface area contributed by atoms with Crippen LogP contribution in [0.2, 0.25) is 0 Å². The van der Waals surface area contributed by atoms with Crippen molar-refractivity contribution in [3.63, 3.8) is 0 Å². The molecule has 0 aromatic heterocycles. The molecule has 1 nitrogen and oxygen atoms in total. The number of halogens is 3. The summed E-state index contributed by atoms with van der Waals surface area (Å²) in [5.74, 6) is 0. The van der Waals surface area contributed by atoms with Crippen LogP contribution in [0.15, 0.2) is 48.5 Å². The topological polar surface area (TPSA) is 23.8 Å². The van der Waals surface area contributed by atoms with Gasteiger partial charge in [0, 0.05) is 0 Å². The Balaban J connectivity index is 2.45. The molecule has 0 aliphatic carbocycles. The second-order valence-electron chi connectivity index (χ2n) is 4.08. The predicted molar refractivity (Wildman–Crippen MR) is 66.2 cm³/mol. The molecule has 0 amide bonds. The van der Waals surface area contributed by atoms with Gasteiger partial charge in [0.2, 0.25) is 0 Å². The maximum atomic E-state index is 12.9. The summed E-state index contributed by atoms with van der Waals surface area (Å²) < 4.78 is 38.7.